The van der Waals surface area contributed by atoms with Crippen molar-refractivity contribution in [3.63, 3.8) is 0 Å². The van der Waals surface area contributed by atoms with Gasteiger partial charge in [-0.2, -0.15) is 0 Å². The van der Waals surface area contributed by atoms with Gasteiger partial charge in [-0.1, -0.05) is 0 Å². The number of guanidine groups is 1. The lowest BCUT2D eigenvalue weighted by Gasteiger charge is -2.35. The number of nitrogens with zero attached hydrogens (tertiary/aromatic N) is 3. The lowest BCUT2D eigenvalue weighted by Crippen LogP contribution is -2.47. The minimum absolute atomic E-state index is 0.126. The number of carbonyl (C=O) groups is 2. The fourth-order valence-corrected chi connectivity index (χ4v) is 4.06. The van der Waals surface area contributed by atoms with Gasteiger partial charge in [0.1, 0.15) is 5.60 Å². The summed E-state index contributed by atoms with van der Waals surface area (Å²) in [6.45, 7) is 12.6. The molecule has 0 radical (unpaired) electrons. The highest BCUT2D eigenvalue weighted by atomic mass is 16.6. The van der Waals surface area contributed by atoms with Crippen LogP contribution in [0.2, 0.25) is 0 Å². The lowest BCUT2D eigenvalue weighted by molar-refractivity contribution is -0.121. The third-order valence-electron chi connectivity index (χ3n) is 5.67. The van der Waals surface area contributed by atoms with Crippen molar-refractivity contribution in [2.24, 2.45) is 16.8 Å². The number of nitrogens with one attached hydrogen (secondary N) is 2. The van der Waals surface area contributed by atoms with Crippen molar-refractivity contribution in [1.29, 1.82) is 0 Å². The second-order valence-electron chi connectivity index (χ2n) is 9.44. The molecule has 2 aliphatic heterocycles. The number of aliphatic imine (C=N–C) groups is 1. The molecular weight excluding hydrogens is 382 g/mol. The average Bonchev–Trinajstić information content (AvgIpc) is 2.70. The molecule has 0 saturated carbocycles. The molecule has 2 rings (SSSR count). The summed E-state index contributed by atoms with van der Waals surface area (Å²) in [6.07, 6.45) is 4.47. The molecule has 0 aliphatic carbocycles. The maximum Gasteiger partial charge on any atom is 0.410 e. The number of rotatable bonds is 5. The number of hydrogen-bond acceptors (Lipinski definition) is 4. The monoisotopic (exact) mass is 423 g/mol. The van der Waals surface area contributed by atoms with Crippen molar-refractivity contribution in [2.75, 3.05) is 46.3 Å². The van der Waals surface area contributed by atoms with Crippen LogP contribution in [0.5, 0.6) is 0 Å². The van der Waals surface area contributed by atoms with E-state index in [2.05, 4.69) is 22.5 Å². The Morgan fingerprint density at radius 3 is 2.37 bits per heavy atom. The predicted octanol–water partition coefficient (Wildman–Crippen LogP) is 2.45. The third kappa shape index (κ3) is 8.03. The highest BCUT2D eigenvalue weighted by Gasteiger charge is 2.28. The van der Waals surface area contributed by atoms with E-state index in [0.717, 1.165) is 57.8 Å². The molecule has 2 heterocycles. The summed E-state index contributed by atoms with van der Waals surface area (Å²) in [4.78, 5) is 33.1. The summed E-state index contributed by atoms with van der Waals surface area (Å²) in [5.74, 6) is 1.88. The third-order valence-corrected chi connectivity index (χ3v) is 5.67. The van der Waals surface area contributed by atoms with Gasteiger partial charge in [0.05, 0.1) is 0 Å². The van der Waals surface area contributed by atoms with Crippen molar-refractivity contribution in [2.45, 2.75) is 65.4 Å². The van der Waals surface area contributed by atoms with Gasteiger partial charge >= 0.3 is 6.09 Å². The van der Waals surface area contributed by atoms with E-state index in [0.29, 0.717) is 31.3 Å². The largest absolute Gasteiger partial charge is 0.444 e. The molecule has 8 nitrogen and oxygen atoms in total. The molecule has 0 aromatic rings. The van der Waals surface area contributed by atoms with E-state index in [1.54, 1.807) is 7.05 Å². The Bertz CT molecular complexity index is 594. The van der Waals surface area contributed by atoms with Gasteiger partial charge in [-0.05, 0) is 65.2 Å². The number of likely N-dealkylation sites (tertiary alicyclic amines) is 2. The van der Waals surface area contributed by atoms with Crippen LogP contribution in [-0.2, 0) is 9.53 Å². The normalized spacial score (nSPS) is 21.4. The Morgan fingerprint density at radius 2 is 1.77 bits per heavy atom. The summed E-state index contributed by atoms with van der Waals surface area (Å²) in [5.41, 5.74) is -0.468. The van der Waals surface area contributed by atoms with E-state index in [4.69, 9.17) is 9.73 Å². The summed E-state index contributed by atoms with van der Waals surface area (Å²) < 4.78 is 5.53. The van der Waals surface area contributed by atoms with E-state index < -0.39 is 5.60 Å². The van der Waals surface area contributed by atoms with Gasteiger partial charge in [-0.25, -0.2) is 4.79 Å². The Balaban J connectivity index is 1.88. The van der Waals surface area contributed by atoms with E-state index in [9.17, 15) is 9.59 Å². The van der Waals surface area contributed by atoms with Crippen LogP contribution in [0.4, 0.5) is 4.79 Å². The first kappa shape index (κ1) is 24.3. The van der Waals surface area contributed by atoms with Crippen molar-refractivity contribution >= 4 is 18.0 Å². The van der Waals surface area contributed by atoms with E-state index in [1.165, 1.54) is 0 Å². The summed E-state index contributed by atoms with van der Waals surface area (Å²) in [7, 11) is 1.70. The molecule has 0 spiro atoms. The molecule has 8 heteroatoms. The molecule has 0 aromatic carbocycles. The fourth-order valence-electron chi connectivity index (χ4n) is 4.06. The Morgan fingerprint density at radius 1 is 1.07 bits per heavy atom. The topological polar surface area (TPSA) is 86.3 Å². The van der Waals surface area contributed by atoms with Gasteiger partial charge in [0.15, 0.2) is 5.96 Å². The van der Waals surface area contributed by atoms with E-state index in [-0.39, 0.29) is 12.0 Å². The Kier molecular flexibility index (Phi) is 9.24. The van der Waals surface area contributed by atoms with E-state index >= 15 is 0 Å². The molecule has 2 saturated heterocycles. The molecule has 0 bridgehead atoms. The quantitative estimate of drug-likeness (QED) is 0.524. The summed E-state index contributed by atoms with van der Waals surface area (Å²) >= 11 is 0. The number of hydrogen-bond donors (Lipinski definition) is 2. The standard InChI is InChI=1S/C22H41N5O3/c1-6-24-20(26-12-9-17(10-13-26)14-19(28)23-5)25-15-18-8-7-11-27(16-18)21(29)30-22(2,3)4/h17-18H,6-16H2,1-5H3,(H,23,28)(H,24,25). The Labute approximate surface area is 181 Å². The van der Waals surface area contributed by atoms with E-state index in [1.807, 2.05) is 25.7 Å². The molecule has 2 N–H and O–H groups in total. The van der Waals surface area contributed by atoms with Crippen molar-refractivity contribution in [3.8, 4) is 0 Å². The molecule has 172 valence electrons. The average molecular weight is 424 g/mol. The maximum atomic E-state index is 12.4. The fraction of sp³-hybridized carbons (Fsp3) is 0.864. The van der Waals surface area contributed by atoms with Gasteiger partial charge in [0, 0.05) is 52.7 Å². The van der Waals surface area contributed by atoms with Crippen LogP contribution in [0.3, 0.4) is 0 Å². The van der Waals surface area contributed by atoms with Crippen LogP contribution in [0, 0.1) is 11.8 Å². The second-order valence-corrected chi connectivity index (χ2v) is 9.44. The predicted molar refractivity (Wildman–Crippen MR) is 119 cm³/mol. The Hall–Kier alpha value is -1.99. The van der Waals surface area contributed by atoms with Crippen molar-refractivity contribution in [3.05, 3.63) is 0 Å². The number of amides is 2. The first-order chi connectivity index (χ1) is 14.2. The van der Waals surface area contributed by atoms with Gasteiger partial charge in [-0.15, -0.1) is 0 Å². The molecule has 2 fully saturated rings. The zero-order chi connectivity index (χ0) is 22.1. The zero-order valence-electron chi connectivity index (χ0n) is 19.5. The highest BCUT2D eigenvalue weighted by Crippen LogP contribution is 2.22. The minimum atomic E-state index is -0.468. The summed E-state index contributed by atoms with van der Waals surface area (Å²) in [6, 6.07) is 0. The highest BCUT2D eigenvalue weighted by molar-refractivity contribution is 5.80. The maximum absolute atomic E-state index is 12.4. The minimum Gasteiger partial charge on any atom is -0.444 e. The second kappa shape index (κ2) is 11.4. The van der Waals surface area contributed by atoms with Crippen molar-refractivity contribution in [1.82, 2.24) is 20.4 Å². The molecule has 1 atom stereocenters. The van der Waals surface area contributed by atoms with Crippen LogP contribution in [0.25, 0.3) is 0 Å². The van der Waals surface area contributed by atoms with Gasteiger partial charge in [0.2, 0.25) is 5.91 Å². The van der Waals surface area contributed by atoms with Gasteiger partial charge in [0.25, 0.3) is 0 Å². The van der Waals surface area contributed by atoms with Crippen LogP contribution in [-0.4, -0.2) is 79.7 Å². The molecule has 2 amide bonds. The van der Waals surface area contributed by atoms with Crippen LogP contribution >= 0.6 is 0 Å². The molecule has 2 aliphatic rings. The molecule has 30 heavy (non-hydrogen) atoms. The van der Waals surface area contributed by atoms with Gasteiger partial charge in [-0.3, -0.25) is 9.79 Å². The van der Waals surface area contributed by atoms with Crippen molar-refractivity contribution < 1.29 is 14.3 Å². The van der Waals surface area contributed by atoms with Crippen LogP contribution in [0.15, 0.2) is 4.99 Å². The van der Waals surface area contributed by atoms with Crippen LogP contribution in [0.1, 0.15) is 59.8 Å². The zero-order valence-corrected chi connectivity index (χ0v) is 19.5. The first-order valence-electron chi connectivity index (χ1n) is 11.4. The number of carbonyl (C=O) groups excluding carboxylic acids is 2. The first-order valence-corrected chi connectivity index (χ1v) is 11.4. The van der Waals surface area contributed by atoms with Crippen LogP contribution < -0.4 is 10.6 Å². The molecular formula is C22H41N5O3. The summed E-state index contributed by atoms with van der Waals surface area (Å²) in [5, 5.41) is 6.14. The molecule has 0 aromatic heterocycles. The van der Waals surface area contributed by atoms with Gasteiger partial charge < -0.3 is 25.2 Å². The number of ether oxygens (including phenoxy) is 1. The lowest BCUT2D eigenvalue weighted by atomic mass is 9.93. The SMILES string of the molecule is CCNC(=NCC1CCCN(C(=O)OC(C)(C)C)C1)N1CCC(CC(=O)NC)CC1. The number of piperidine rings is 2. The molecule has 1 unspecified atom stereocenters. The smallest absolute Gasteiger partial charge is 0.410 e.